The molecule has 9 heteroatoms. The van der Waals surface area contributed by atoms with Gasteiger partial charge in [0.25, 0.3) is 0 Å². The third-order valence-corrected chi connectivity index (χ3v) is 7.41. The van der Waals surface area contributed by atoms with E-state index in [1.165, 1.54) is 11.8 Å². The topological polar surface area (TPSA) is 122 Å². The van der Waals surface area contributed by atoms with Crippen LogP contribution in [0.2, 0.25) is 5.02 Å². The second-order valence-electron chi connectivity index (χ2n) is 8.44. The molecular weight excluding hydrogens is 496 g/mol. The Kier molecular flexibility index (Phi) is 8.20. The van der Waals surface area contributed by atoms with Crippen molar-refractivity contribution in [3.8, 4) is 12.1 Å². The molecule has 4 rings (SSSR count). The largest absolute Gasteiger partial charge is 0.463 e. The van der Waals surface area contributed by atoms with Crippen LogP contribution in [-0.2, 0) is 27.1 Å². The zero-order valence-electron chi connectivity index (χ0n) is 19.8. The van der Waals surface area contributed by atoms with Gasteiger partial charge in [-0.1, -0.05) is 41.9 Å². The lowest BCUT2D eigenvalue weighted by Crippen LogP contribution is -2.27. The van der Waals surface area contributed by atoms with E-state index in [0.29, 0.717) is 21.2 Å². The number of aromatic nitrogens is 1. The molecule has 0 unspecified atom stereocenters. The molecule has 2 heterocycles. The first kappa shape index (κ1) is 25.6. The van der Waals surface area contributed by atoms with Crippen LogP contribution in [0.15, 0.2) is 58.1 Å². The first-order valence-corrected chi connectivity index (χ1v) is 13.1. The van der Waals surface area contributed by atoms with E-state index in [0.717, 1.165) is 43.4 Å². The summed E-state index contributed by atoms with van der Waals surface area (Å²) in [5.41, 5.74) is 9.77. The van der Waals surface area contributed by atoms with Crippen LogP contribution in [0.5, 0.6) is 0 Å². The predicted octanol–water partition coefficient (Wildman–Crippen LogP) is 5.29. The number of ether oxygens (including phenoxy) is 2. The number of rotatable bonds is 6. The van der Waals surface area contributed by atoms with Gasteiger partial charge in [0, 0.05) is 10.7 Å². The summed E-state index contributed by atoms with van der Waals surface area (Å²) in [6, 6.07) is 13.1. The van der Waals surface area contributed by atoms with Crippen LogP contribution >= 0.6 is 23.4 Å². The zero-order chi connectivity index (χ0) is 25.7. The van der Waals surface area contributed by atoms with Crippen LogP contribution in [0.3, 0.4) is 0 Å². The first-order chi connectivity index (χ1) is 17.5. The summed E-state index contributed by atoms with van der Waals surface area (Å²) in [5, 5.41) is 20.7. The molecule has 184 valence electrons. The summed E-state index contributed by atoms with van der Waals surface area (Å²) >= 11 is 7.37. The fourth-order valence-corrected chi connectivity index (χ4v) is 5.50. The van der Waals surface area contributed by atoms with Gasteiger partial charge in [0.15, 0.2) is 0 Å². The minimum absolute atomic E-state index is 0.0727. The molecule has 1 atom stereocenters. The van der Waals surface area contributed by atoms with Gasteiger partial charge in [-0.05, 0) is 61.9 Å². The normalized spacial score (nSPS) is 17.4. The number of nitrogens with zero attached hydrogens (tertiary/aromatic N) is 3. The minimum Gasteiger partial charge on any atom is -0.463 e. The number of aryl methyl sites for hydroxylation is 2. The Morgan fingerprint density at radius 3 is 2.67 bits per heavy atom. The Labute approximate surface area is 219 Å². The standard InChI is InChI=1S/C27H25ClN4O3S/c1-2-34-27(33)24-22(35-25(31)20(14-30)23(24)16-8-10-19(28)11-9-16)15-36-26-18(13-29)12-17-6-4-3-5-7-21(17)32-26/h8-12,23H,2-7,15,31H2,1H3/t23-/m1/s1. The molecule has 0 radical (unpaired) electrons. The summed E-state index contributed by atoms with van der Waals surface area (Å²) in [7, 11) is 0. The van der Waals surface area contributed by atoms with Crippen LogP contribution < -0.4 is 5.73 Å². The van der Waals surface area contributed by atoms with Crippen molar-refractivity contribution in [2.45, 2.75) is 50.0 Å². The molecular formula is C27H25ClN4O3S. The quantitative estimate of drug-likeness (QED) is 0.309. The molecule has 1 aliphatic carbocycles. The lowest BCUT2D eigenvalue weighted by atomic mass is 9.83. The number of nitriles is 2. The van der Waals surface area contributed by atoms with Crippen LogP contribution in [0.4, 0.5) is 0 Å². The van der Waals surface area contributed by atoms with E-state index in [1.54, 1.807) is 31.2 Å². The van der Waals surface area contributed by atoms with Crippen LogP contribution in [0, 0.1) is 22.7 Å². The molecule has 0 fully saturated rings. The van der Waals surface area contributed by atoms with Gasteiger partial charge >= 0.3 is 5.97 Å². The summed E-state index contributed by atoms with van der Waals surface area (Å²) in [6.45, 7) is 1.87. The Hall–Kier alpha value is -3.46. The predicted molar refractivity (Wildman–Crippen MR) is 137 cm³/mol. The van der Waals surface area contributed by atoms with E-state index in [9.17, 15) is 15.3 Å². The number of fused-ring (bicyclic) bond motifs is 1. The van der Waals surface area contributed by atoms with Gasteiger partial charge in [0.1, 0.15) is 28.5 Å². The number of thioether (sulfide) groups is 1. The van der Waals surface area contributed by atoms with Gasteiger partial charge in [0.05, 0.1) is 29.4 Å². The highest BCUT2D eigenvalue weighted by Gasteiger charge is 2.37. The maximum atomic E-state index is 13.2. The molecule has 0 bridgehead atoms. The number of allylic oxidation sites excluding steroid dienone is 1. The first-order valence-electron chi connectivity index (χ1n) is 11.8. The van der Waals surface area contributed by atoms with Crippen molar-refractivity contribution in [1.82, 2.24) is 4.98 Å². The van der Waals surface area contributed by atoms with Crippen molar-refractivity contribution >= 4 is 29.3 Å². The van der Waals surface area contributed by atoms with Gasteiger partial charge in [-0.25, -0.2) is 9.78 Å². The van der Waals surface area contributed by atoms with Crippen molar-refractivity contribution < 1.29 is 14.3 Å². The smallest absolute Gasteiger partial charge is 0.338 e. The van der Waals surface area contributed by atoms with Crippen molar-refractivity contribution in [3.05, 3.63) is 80.5 Å². The second kappa shape index (κ2) is 11.5. The number of carbonyl (C=O) groups is 1. The van der Waals surface area contributed by atoms with E-state index in [4.69, 9.17) is 31.8 Å². The third kappa shape index (κ3) is 5.36. The minimum atomic E-state index is -0.772. The maximum absolute atomic E-state index is 13.2. The molecule has 1 aromatic heterocycles. The van der Waals surface area contributed by atoms with Crippen LogP contribution in [0.25, 0.3) is 0 Å². The Morgan fingerprint density at radius 1 is 1.22 bits per heavy atom. The molecule has 0 spiro atoms. The third-order valence-electron chi connectivity index (χ3n) is 6.17. The van der Waals surface area contributed by atoms with E-state index in [-0.39, 0.29) is 35.1 Å². The molecule has 7 nitrogen and oxygen atoms in total. The Morgan fingerprint density at radius 2 is 1.97 bits per heavy atom. The van der Waals surface area contributed by atoms with E-state index in [2.05, 4.69) is 12.1 Å². The van der Waals surface area contributed by atoms with Gasteiger partial charge in [-0.15, -0.1) is 0 Å². The molecule has 1 aromatic carbocycles. The number of hydrogen-bond acceptors (Lipinski definition) is 8. The lowest BCUT2D eigenvalue weighted by Gasteiger charge is -2.28. The highest BCUT2D eigenvalue weighted by atomic mass is 35.5. The molecule has 2 aromatic rings. The van der Waals surface area contributed by atoms with E-state index < -0.39 is 11.9 Å². The van der Waals surface area contributed by atoms with Crippen LogP contribution in [-0.4, -0.2) is 23.3 Å². The van der Waals surface area contributed by atoms with Crippen molar-refractivity contribution in [1.29, 1.82) is 10.5 Å². The fourth-order valence-electron chi connectivity index (χ4n) is 4.46. The number of nitrogens with two attached hydrogens (primary N) is 1. The van der Waals surface area contributed by atoms with Gasteiger partial charge in [0.2, 0.25) is 5.88 Å². The molecule has 2 N–H and O–H groups in total. The monoisotopic (exact) mass is 520 g/mol. The highest BCUT2D eigenvalue weighted by Crippen LogP contribution is 2.41. The summed E-state index contributed by atoms with van der Waals surface area (Å²) < 4.78 is 11.2. The summed E-state index contributed by atoms with van der Waals surface area (Å²) in [6.07, 6.45) is 5.10. The van der Waals surface area contributed by atoms with E-state index >= 15 is 0 Å². The van der Waals surface area contributed by atoms with Crippen molar-refractivity contribution in [3.63, 3.8) is 0 Å². The van der Waals surface area contributed by atoms with E-state index in [1.807, 2.05) is 6.07 Å². The second-order valence-corrected chi connectivity index (χ2v) is 9.84. The summed E-state index contributed by atoms with van der Waals surface area (Å²) in [5.74, 6) is -0.986. The average Bonchev–Trinajstić information content (AvgIpc) is 3.11. The molecule has 1 aliphatic heterocycles. The summed E-state index contributed by atoms with van der Waals surface area (Å²) in [4.78, 5) is 18.0. The SMILES string of the molecule is CCOC(=O)C1=C(CSc2nc3c(cc2C#N)CCCCC3)OC(N)=C(C#N)[C@H]1c1ccc(Cl)cc1. The fraction of sp³-hybridized carbons (Fsp3) is 0.333. The van der Waals surface area contributed by atoms with Gasteiger partial charge in [-0.3, -0.25) is 0 Å². The van der Waals surface area contributed by atoms with Crippen molar-refractivity contribution in [2.24, 2.45) is 5.73 Å². The number of pyridine rings is 1. The number of benzene rings is 1. The zero-order valence-corrected chi connectivity index (χ0v) is 21.4. The van der Waals surface area contributed by atoms with Gasteiger partial charge < -0.3 is 15.2 Å². The van der Waals surface area contributed by atoms with Gasteiger partial charge in [-0.2, -0.15) is 10.5 Å². The molecule has 2 aliphatic rings. The number of hydrogen-bond donors (Lipinski definition) is 1. The van der Waals surface area contributed by atoms with Crippen molar-refractivity contribution in [2.75, 3.05) is 12.4 Å². The Bertz CT molecular complexity index is 1320. The molecule has 0 saturated heterocycles. The number of esters is 1. The molecule has 0 saturated carbocycles. The Balaban J connectivity index is 1.75. The van der Waals surface area contributed by atoms with Crippen LogP contribution in [0.1, 0.15) is 54.5 Å². The lowest BCUT2D eigenvalue weighted by molar-refractivity contribution is -0.139. The average molecular weight is 521 g/mol. The number of halogens is 1. The molecule has 0 amide bonds. The molecule has 36 heavy (non-hydrogen) atoms. The number of carbonyl (C=O) groups excluding carboxylic acids is 1. The highest BCUT2D eigenvalue weighted by molar-refractivity contribution is 7.99. The maximum Gasteiger partial charge on any atom is 0.338 e.